The number of nitrogens with two attached hydrogens (primary N) is 1. The highest BCUT2D eigenvalue weighted by molar-refractivity contribution is 5.52. The molecule has 1 aliphatic rings. The van der Waals surface area contributed by atoms with Gasteiger partial charge in [-0.3, -0.25) is 0 Å². The lowest BCUT2D eigenvalue weighted by atomic mass is 10.1. The van der Waals surface area contributed by atoms with Gasteiger partial charge < -0.3 is 5.73 Å². The van der Waals surface area contributed by atoms with E-state index in [1.807, 2.05) is 0 Å². The number of fused-ring (bicyclic) bond motifs is 1. The molecule has 57 valence electrons. The number of nitrogen functional groups attached to an aromatic ring is 1. The Labute approximate surface area is 65.0 Å². The fourth-order valence-corrected chi connectivity index (χ4v) is 1.62. The lowest BCUT2D eigenvalue weighted by Crippen LogP contribution is -1.95. The molecule has 0 unspecified atom stereocenters. The summed E-state index contributed by atoms with van der Waals surface area (Å²) in [6, 6.07) is 4.04. The molecule has 11 heavy (non-hydrogen) atoms. The van der Waals surface area contributed by atoms with Gasteiger partial charge in [0.1, 0.15) is 5.82 Å². The van der Waals surface area contributed by atoms with E-state index in [9.17, 15) is 4.39 Å². The maximum Gasteiger partial charge on any atom is 0.127 e. The minimum atomic E-state index is -0.147. The van der Waals surface area contributed by atoms with Crippen molar-refractivity contribution in [1.29, 1.82) is 0 Å². The van der Waals surface area contributed by atoms with Crippen LogP contribution in [0.4, 0.5) is 10.1 Å². The number of benzene rings is 1. The lowest BCUT2D eigenvalue weighted by Gasteiger charge is -2.02. The van der Waals surface area contributed by atoms with Gasteiger partial charge >= 0.3 is 0 Å². The van der Waals surface area contributed by atoms with E-state index in [4.69, 9.17) is 5.73 Å². The van der Waals surface area contributed by atoms with Crippen molar-refractivity contribution in [2.45, 2.75) is 19.3 Å². The van der Waals surface area contributed by atoms with Crippen molar-refractivity contribution in [1.82, 2.24) is 0 Å². The summed E-state index contributed by atoms with van der Waals surface area (Å²) >= 11 is 0. The molecule has 0 spiro atoms. The zero-order valence-corrected chi connectivity index (χ0v) is 6.15. The van der Waals surface area contributed by atoms with Crippen LogP contribution in [-0.2, 0) is 12.8 Å². The second-order valence-electron chi connectivity index (χ2n) is 2.86. The summed E-state index contributed by atoms with van der Waals surface area (Å²) < 4.78 is 13.0. The van der Waals surface area contributed by atoms with E-state index in [2.05, 4.69) is 6.07 Å². The minimum Gasteiger partial charge on any atom is -0.398 e. The Hall–Kier alpha value is -1.05. The molecule has 0 saturated heterocycles. The van der Waals surface area contributed by atoms with Crippen LogP contribution in [0.25, 0.3) is 0 Å². The molecule has 0 heterocycles. The molecule has 2 rings (SSSR count). The van der Waals surface area contributed by atoms with Crippen molar-refractivity contribution in [3.05, 3.63) is 29.1 Å². The highest BCUT2D eigenvalue weighted by atomic mass is 19.1. The van der Waals surface area contributed by atoms with E-state index in [1.165, 1.54) is 6.07 Å². The largest absolute Gasteiger partial charge is 0.398 e. The summed E-state index contributed by atoms with van der Waals surface area (Å²) in [7, 11) is 0. The first kappa shape index (κ1) is 6.65. The Morgan fingerprint density at radius 1 is 1.36 bits per heavy atom. The smallest absolute Gasteiger partial charge is 0.127 e. The van der Waals surface area contributed by atoms with Crippen LogP contribution in [0.3, 0.4) is 0 Å². The monoisotopic (exact) mass is 150 g/mol. The van der Waals surface area contributed by atoms with Crippen LogP contribution in [-0.4, -0.2) is 0 Å². The fourth-order valence-electron chi connectivity index (χ4n) is 1.62. The molecule has 1 radical (unpaired) electrons. The van der Waals surface area contributed by atoms with E-state index in [0.717, 1.165) is 30.4 Å². The van der Waals surface area contributed by atoms with Gasteiger partial charge in [0.05, 0.1) is 0 Å². The van der Waals surface area contributed by atoms with E-state index in [-0.39, 0.29) is 5.82 Å². The summed E-state index contributed by atoms with van der Waals surface area (Å²) in [4.78, 5) is 0. The average Bonchev–Trinajstić information content (AvgIpc) is 2.45. The summed E-state index contributed by atoms with van der Waals surface area (Å²) in [5.41, 5.74) is 8.03. The molecule has 1 nitrogen and oxygen atoms in total. The van der Waals surface area contributed by atoms with Crippen LogP contribution in [0.15, 0.2) is 6.07 Å². The van der Waals surface area contributed by atoms with Crippen molar-refractivity contribution < 1.29 is 4.39 Å². The Morgan fingerprint density at radius 3 is 2.82 bits per heavy atom. The molecule has 1 aromatic rings. The number of halogens is 1. The maximum atomic E-state index is 13.0. The molecule has 2 N–H and O–H groups in total. The van der Waals surface area contributed by atoms with Gasteiger partial charge in [0.25, 0.3) is 0 Å². The van der Waals surface area contributed by atoms with E-state index < -0.39 is 0 Å². The molecule has 1 aliphatic carbocycles. The van der Waals surface area contributed by atoms with Crippen molar-refractivity contribution in [2.75, 3.05) is 5.73 Å². The van der Waals surface area contributed by atoms with Gasteiger partial charge in [0.15, 0.2) is 0 Å². The van der Waals surface area contributed by atoms with Gasteiger partial charge in [-0.15, -0.1) is 0 Å². The molecular weight excluding hydrogens is 141 g/mol. The summed E-state index contributed by atoms with van der Waals surface area (Å²) in [5.74, 6) is -0.147. The predicted molar refractivity (Wildman–Crippen MR) is 41.7 cm³/mol. The van der Waals surface area contributed by atoms with Gasteiger partial charge in [0.2, 0.25) is 0 Å². The van der Waals surface area contributed by atoms with Crippen LogP contribution in [0.5, 0.6) is 0 Å². The molecule has 0 amide bonds. The van der Waals surface area contributed by atoms with Gasteiger partial charge in [-0.25, -0.2) is 4.39 Å². The number of hydrogen-bond donors (Lipinski definition) is 1. The first-order chi connectivity index (χ1) is 5.29. The van der Waals surface area contributed by atoms with Crippen molar-refractivity contribution in [3.8, 4) is 0 Å². The average molecular weight is 150 g/mol. The lowest BCUT2D eigenvalue weighted by molar-refractivity contribution is 0.612. The van der Waals surface area contributed by atoms with E-state index in [0.29, 0.717) is 5.69 Å². The Balaban J connectivity index is 2.64. The molecule has 0 aliphatic heterocycles. The highest BCUT2D eigenvalue weighted by Crippen LogP contribution is 2.28. The number of rotatable bonds is 0. The molecule has 0 bridgehead atoms. The molecule has 0 saturated carbocycles. The molecule has 2 heteroatoms. The van der Waals surface area contributed by atoms with Crippen molar-refractivity contribution in [3.63, 3.8) is 0 Å². The fraction of sp³-hybridized carbons (Fsp3) is 0.333. The van der Waals surface area contributed by atoms with Gasteiger partial charge in [-0.05, 0) is 36.5 Å². The molecule has 0 aromatic heterocycles. The summed E-state index contributed by atoms with van der Waals surface area (Å²) in [6.07, 6.45) is 2.77. The SMILES string of the molecule is Nc1[c]cc(F)c2c1CCC2. The third-order valence-electron chi connectivity index (χ3n) is 2.19. The Bertz CT molecular complexity index is 265. The van der Waals surface area contributed by atoms with Crippen LogP contribution >= 0.6 is 0 Å². The van der Waals surface area contributed by atoms with E-state index >= 15 is 0 Å². The maximum absolute atomic E-state index is 13.0. The second-order valence-corrected chi connectivity index (χ2v) is 2.86. The Kier molecular flexibility index (Phi) is 1.34. The van der Waals surface area contributed by atoms with Crippen LogP contribution in [0.1, 0.15) is 17.5 Å². The third kappa shape index (κ3) is 0.897. The third-order valence-corrected chi connectivity index (χ3v) is 2.19. The first-order valence-electron chi connectivity index (χ1n) is 3.76. The molecule has 0 fully saturated rings. The molecule has 1 aromatic carbocycles. The van der Waals surface area contributed by atoms with Gasteiger partial charge in [-0.2, -0.15) is 0 Å². The van der Waals surface area contributed by atoms with Crippen molar-refractivity contribution >= 4 is 5.69 Å². The second kappa shape index (κ2) is 2.22. The van der Waals surface area contributed by atoms with Gasteiger partial charge in [-0.1, -0.05) is 0 Å². The zero-order valence-electron chi connectivity index (χ0n) is 6.15. The quantitative estimate of drug-likeness (QED) is 0.559. The zero-order chi connectivity index (χ0) is 7.84. The normalized spacial score (nSPS) is 15.0. The van der Waals surface area contributed by atoms with Crippen LogP contribution in [0, 0.1) is 11.9 Å². The first-order valence-corrected chi connectivity index (χ1v) is 3.76. The predicted octanol–water partition coefficient (Wildman–Crippen LogP) is 1.70. The minimum absolute atomic E-state index is 0.147. The number of hydrogen-bond acceptors (Lipinski definition) is 1. The van der Waals surface area contributed by atoms with Crippen molar-refractivity contribution in [2.24, 2.45) is 0 Å². The Morgan fingerprint density at radius 2 is 2.09 bits per heavy atom. The van der Waals surface area contributed by atoms with Crippen LogP contribution in [0.2, 0.25) is 0 Å². The topological polar surface area (TPSA) is 26.0 Å². The van der Waals surface area contributed by atoms with E-state index in [1.54, 1.807) is 0 Å². The molecular formula is C9H9FN. The highest BCUT2D eigenvalue weighted by Gasteiger charge is 2.16. The number of anilines is 1. The summed E-state index contributed by atoms with van der Waals surface area (Å²) in [5, 5.41) is 0. The standard InChI is InChI=1S/C9H9FN/c10-8-4-5-9(11)7-3-1-2-6(7)8/h4H,1-3,11H2. The van der Waals surface area contributed by atoms with Crippen LogP contribution < -0.4 is 5.73 Å². The summed E-state index contributed by atoms with van der Waals surface area (Å²) in [6.45, 7) is 0. The molecule has 0 atom stereocenters. The van der Waals surface area contributed by atoms with Gasteiger partial charge in [0, 0.05) is 11.8 Å².